The highest BCUT2D eigenvalue weighted by molar-refractivity contribution is 6.33. The zero-order valence-electron chi connectivity index (χ0n) is 25.0. The van der Waals surface area contributed by atoms with E-state index in [1.165, 1.54) is 38.1 Å². The summed E-state index contributed by atoms with van der Waals surface area (Å²) in [6.45, 7) is 0. The first-order valence-electron chi connectivity index (χ1n) is 15.8. The van der Waals surface area contributed by atoms with E-state index in [0.29, 0.717) is 0 Å². The maximum absolute atomic E-state index is 5.20. The normalized spacial score (nSPS) is 12.3. The minimum atomic E-state index is 0.723. The second kappa shape index (κ2) is 9.02. The molecule has 218 valence electrons. The van der Waals surface area contributed by atoms with Crippen LogP contribution in [0.15, 0.2) is 146 Å². The molecule has 47 heavy (non-hydrogen) atoms. The average molecular weight is 601 g/mol. The monoisotopic (exact) mass is 600 g/mol. The molecule has 11 aromatic rings. The van der Waals surface area contributed by atoms with E-state index >= 15 is 0 Å². The third-order valence-corrected chi connectivity index (χ3v) is 9.74. The Morgan fingerprint density at radius 1 is 0.426 bits per heavy atom. The number of aromatic nitrogens is 6. The summed E-state index contributed by atoms with van der Waals surface area (Å²) in [5.41, 5.74) is 10.5. The lowest BCUT2D eigenvalue weighted by Crippen LogP contribution is -1.98. The molecule has 0 amide bonds. The standard InChI is InChI=1S/C41H24N6/c1-3-10-25(11-4-1)45-32-15-8-7-14-27(32)30-17-18-31-36-33(46(39(31)38(30)45)26-12-5-2-6-13-26)20-19-29-28-21-23-42-24-35(28)47-34-16-9-22-43-40(34)44-41(47)37(29)36/h1-24H. The third kappa shape index (κ3) is 3.16. The fourth-order valence-corrected chi connectivity index (χ4v) is 7.90. The van der Waals surface area contributed by atoms with Crippen LogP contribution in [0.3, 0.4) is 0 Å². The molecule has 0 atom stereocenters. The van der Waals surface area contributed by atoms with E-state index in [-0.39, 0.29) is 0 Å². The SMILES string of the molecule is c1ccc(-n2c3ccccc3c3ccc4c5c6c(ccc5n(-c5ccccc5)c4c32)c2ccncc2n2c3cccnc3nc62)cc1. The van der Waals surface area contributed by atoms with Crippen molar-refractivity contribution in [3.63, 3.8) is 0 Å². The lowest BCUT2D eigenvalue weighted by Gasteiger charge is -2.12. The predicted molar refractivity (Wildman–Crippen MR) is 192 cm³/mol. The number of imidazole rings is 1. The van der Waals surface area contributed by atoms with E-state index < -0.39 is 0 Å². The number of nitrogens with zero attached hydrogens (tertiary/aromatic N) is 6. The summed E-state index contributed by atoms with van der Waals surface area (Å²) in [6, 6.07) is 45.5. The van der Waals surface area contributed by atoms with Crippen LogP contribution < -0.4 is 0 Å². The Hall–Kier alpha value is -6.53. The minimum absolute atomic E-state index is 0.723. The van der Waals surface area contributed by atoms with Gasteiger partial charge in [0.2, 0.25) is 0 Å². The van der Waals surface area contributed by atoms with Gasteiger partial charge in [0.15, 0.2) is 5.65 Å². The smallest absolute Gasteiger partial charge is 0.178 e. The molecule has 0 N–H and O–H groups in total. The van der Waals surface area contributed by atoms with Crippen molar-refractivity contribution in [3.8, 4) is 11.4 Å². The number of benzene rings is 5. The summed E-state index contributed by atoms with van der Waals surface area (Å²) in [4.78, 5) is 14.4. The van der Waals surface area contributed by atoms with Gasteiger partial charge in [0.1, 0.15) is 5.65 Å². The molecular formula is C41H24N6. The van der Waals surface area contributed by atoms with Gasteiger partial charge in [-0.15, -0.1) is 0 Å². The number of fused-ring (bicyclic) bond motifs is 16. The van der Waals surface area contributed by atoms with Crippen LogP contribution in [0.5, 0.6) is 0 Å². The van der Waals surface area contributed by atoms with Gasteiger partial charge in [-0.25, -0.2) is 9.97 Å². The molecule has 0 spiro atoms. The van der Waals surface area contributed by atoms with Crippen LogP contribution in [0.4, 0.5) is 0 Å². The fraction of sp³-hybridized carbons (Fsp3) is 0. The van der Waals surface area contributed by atoms with Crippen LogP contribution in [0.25, 0.3) is 93.5 Å². The van der Waals surface area contributed by atoms with Gasteiger partial charge in [0.25, 0.3) is 0 Å². The zero-order valence-corrected chi connectivity index (χ0v) is 25.0. The first-order chi connectivity index (χ1) is 23.4. The number of hydrogen-bond donors (Lipinski definition) is 0. The van der Waals surface area contributed by atoms with Crippen LogP contribution in [-0.4, -0.2) is 28.5 Å². The Balaban J connectivity index is 1.47. The first-order valence-corrected chi connectivity index (χ1v) is 15.8. The highest BCUT2D eigenvalue weighted by Gasteiger charge is 2.24. The van der Waals surface area contributed by atoms with Gasteiger partial charge < -0.3 is 9.13 Å². The molecule has 0 aliphatic carbocycles. The lowest BCUT2D eigenvalue weighted by molar-refractivity contribution is 1.15. The second-order valence-corrected chi connectivity index (χ2v) is 12.1. The Bertz CT molecular complexity index is 3060. The maximum Gasteiger partial charge on any atom is 0.178 e. The van der Waals surface area contributed by atoms with Gasteiger partial charge in [-0.1, -0.05) is 72.8 Å². The molecular weight excluding hydrogens is 576 g/mol. The molecule has 6 heterocycles. The van der Waals surface area contributed by atoms with Crippen LogP contribution in [0.1, 0.15) is 0 Å². The number of hydrogen-bond acceptors (Lipinski definition) is 3. The number of pyridine rings is 3. The van der Waals surface area contributed by atoms with Gasteiger partial charge in [-0.05, 0) is 60.0 Å². The summed E-state index contributed by atoms with van der Waals surface area (Å²) in [6.07, 6.45) is 5.63. The van der Waals surface area contributed by atoms with E-state index in [1.54, 1.807) is 0 Å². The van der Waals surface area contributed by atoms with Crippen molar-refractivity contribution < 1.29 is 0 Å². The van der Waals surface area contributed by atoms with E-state index in [9.17, 15) is 0 Å². The van der Waals surface area contributed by atoms with Gasteiger partial charge in [0, 0.05) is 56.1 Å². The van der Waals surface area contributed by atoms with Gasteiger partial charge in [-0.3, -0.25) is 9.38 Å². The third-order valence-electron chi connectivity index (χ3n) is 9.74. The summed E-state index contributed by atoms with van der Waals surface area (Å²) in [7, 11) is 0. The Kier molecular flexibility index (Phi) is 4.75. The van der Waals surface area contributed by atoms with Crippen molar-refractivity contribution >= 4 is 82.1 Å². The molecule has 6 nitrogen and oxygen atoms in total. The number of para-hydroxylation sites is 3. The van der Waals surface area contributed by atoms with Crippen molar-refractivity contribution in [3.05, 3.63) is 146 Å². The molecule has 6 aromatic heterocycles. The topological polar surface area (TPSA) is 52.9 Å². The van der Waals surface area contributed by atoms with Crippen molar-refractivity contribution in [2.24, 2.45) is 0 Å². The van der Waals surface area contributed by atoms with Crippen LogP contribution in [0.2, 0.25) is 0 Å². The highest BCUT2D eigenvalue weighted by atomic mass is 15.1. The molecule has 0 aliphatic heterocycles. The highest BCUT2D eigenvalue weighted by Crippen LogP contribution is 2.45. The average Bonchev–Trinajstić information content (AvgIpc) is 3.80. The summed E-state index contributed by atoms with van der Waals surface area (Å²) in [5, 5.41) is 8.19. The molecule has 5 aromatic carbocycles. The fourth-order valence-electron chi connectivity index (χ4n) is 7.90. The van der Waals surface area contributed by atoms with E-state index in [2.05, 4.69) is 145 Å². The van der Waals surface area contributed by atoms with E-state index in [0.717, 1.165) is 55.4 Å². The van der Waals surface area contributed by atoms with Crippen molar-refractivity contribution in [2.45, 2.75) is 0 Å². The summed E-state index contributed by atoms with van der Waals surface area (Å²) < 4.78 is 7.11. The van der Waals surface area contributed by atoms with Crippen LogP contribution in [0, 0.1) is 0 Å². The number of rotatable bonds is 2. The lowest BCUT2D eigenvalue weighted by atomic mass is 10.0. The molecule has 0 saturated heterocycles. The first kappa shape index (κ1) is 24.8. The maximum atomic E-state index is 5.20. The Morgan fingerprint density at radius 2 is 1.09 bits per heavy atom. The molecule has 0 fully saturated rings. The molecule has 11 rings (SSSR count). The Labute approximate surface area is 267 Å². The van der Waals surface area contributed by atoms with Gasteiger partial charge >= 0.3 is 0 Å². The second-order valence-electron chi connectivity index (χ2n) is 12.1. The molecule has 0 aliphatic rings. The van der Waals surface area contributed by atoms with Crippen LogP contribution in [-0.2, 0) is 0 Å². The molecule has 0 unspecified atom stereocenters. The largest absolute Gasteiger partial charge is 0.307 e. The van der Waals surface area contributed by atoms with E-state index in [4.69, 9.17) is 4.98 Å². The molecule has 0 saturated carbocycles. The van der Waals surface area contributed by atoms with Crippen molar-refractivity contribution in [2.75, 3.05) is 0 Å². The quantitative estimate of drug-likeness (QED) is 0.186. The summed E-state index contributed by atoms with van der Waals surface area (Å²) in [5.74, 6) is 0. The summed E-state index contributed by atoms with van der Waals surface area (Å²) >= 11 is 0. The molecule has 6 heteroatoms. The van der Waals surface area contributed by atoms with E-state index in [1.807, 2.05) is 24.7 Å². The van der Waals surface area contributed by atoms with Crippen LogP contribution >= 0.6 is 0 Å². The minimum Gasteiger partial charge on any atom is -0.307 e. The molecule has 0 radical (unpaired) electrons. The van der Waals surface area contributed by atoms with Gasteiger partial charge in [0.05, 0.1) is 39.3 Å². The Morgan fingerprint density at radius 3 is 1.91 bits per heavy atom. The van der Waals surface area contributed by atoms with Gasteiger partial charge in [-0.2, -0.15) is 0 Å². The predicted octanol–water partition coefficient (Wildman–Crippen LogP) is 9.78. The van der Waals surface area contributed by atoms with Crippen molar-refractivity contribution in [1.82, 2.24) is 28.5 Å². The van der Waals surface area contributed by atoms with Crippen molar-refractivity contribution in [1.29, 1.82) is 0 Å². The zero-order chi connectivity index (χ0) is 30.6. The molecule has 0 bridgehead atoms.